The monoisotopic (exact) mass is 538 g/mol. The summed E-state index contributed by atoms with van der Waals surface area (Å²) in [4.78, 5) is 0. The zero-order valence-electron chi connectivity index (χ0n) is 22.1. The van der Waals surface area contributed by atoms with Crippen LogP contribution in [0, 0.1) is 0 Å². The molecule has 182 valence electrons. The second-order valence-corrected chi connectivity index (χ2v) is 20.2. The van der Waals surface area contributed by atoms with Gasteiger partial charge in [-0.05, 0) is 0 Å². The van der Waals surface area contributed by atoms with Crippen molar-refractivity contribution in [1.82, 2.24) is 0 Å². The maximum absolute atomic E-state index is 3.78. The van der Waals surface area contributed by atoms with E-state index in [-0.39, 0.29) is 10.8 Å². The summed E-state index contributed by atoms with van der Waals surface area (Å²) in [5.74, 6) is 0. The van der Waals surface area contributed by atoms with E-state index in [0.29, 0.717) is 0 Å². The molecule has 0 aliphatic carbocycles. The molecule has 3 rings (SSSR count). The average Bonchev–Trinajstić information content (AvgIpc) is 2.80. The van der Waals surface area contributed by atoms with Gasteiger partial charge in [0.1, 0.15) is 0 Å². The molecule has 2 heteroatoms. The Balaban J connectivity index is 1.69. The van der Waals surface area contributed by atoms with Crippen LogP contribution < -0.4 is 0 Å². The third-order valence-corrected chi connectivity index (χ3v) is 13.5. The molecule has 0 saturated carbocycles. The molecule has 0 atom stereocenters. The molecule has 0 N–H and O–H groups in total. The Bertz CT molecular complexity index is 1000. The van der Waals surface area contributed by atoms with Gasteiger partial charge in [0.25, 0.3) is 0 Å². The summed E-state index contributed by atoms with van der Waals surface area (Å²) >= 11 is 3.78. The number of hydrogen-bond donors (Lipinski definition) is 0. The van der Waals surface area contributed by atoms with E-state index in [2.05, 4.69) is 136 Å². The first kappa shape index (κ1) is 27.2. The van der Waals surface area contributed by atoms with E-state index in [1.807, 2.05) is 0 Å². The zero-order chi connectivity index (χ0) is 24.8. The van der Waals surface area contributed by atoms with E-state index in [0.717, 1.165) is 0 Å². The number of benzene rings is 3. The number of rotatable bonds is 9. The fourth-order valence-corrected chi connectivity index (χ4v) is 8.71. The first-order valence-corrected chi connectivity index (χ1v) is 17.3. The van der Waals surface area contributed by atoms with Gasteiger partial charge in [-0.25, -0.2) is 0 Å². The van der Waals surface area contributed by atoms with Gasteiger partial charge < -0.3 is 0 Å². The summed E-state index contributed by atoms with van der Waals surface area (Å²) in [6.45, 7) is 13.7. The van der Waals surface area contributed by atoms with Crippen LogP contribution in [0.2, 0.25) is 0 Å². The number of aryl methyl sites for hydroxylation is 3. The summed E-state index contributed by atoms with van der Waals surface area (Å²) < 4.78 is 0. The first-order valence-electron chi connectivity index (χ1n) is 12.7. The first-order chi connectivity index (χ1) is 15.9. The van der Waals surface area contributed by atoms with Crippen LogP contribution in [-0.2, 0) is 30.1 Å². The summed E-state index contributed by atoms with van der Waals surface area (Å²) in [5, 5.41) is 0. The Morgan fingerprint density at radius 1 is 0.500 bits per heavy atom. The maximum atomic E-state index is 3.78. The molecule has 0 amide bonds. The van der Waals surface area contributed by atoms with Crippen LogP contribution in [0.1, 0.15) is 69.4 Å². The van der Waals surface area contributed by atoms with Crippen molar-refractivity contribution < 1.29 is 0 Å². The SMILES string of the molecule is CC(C)(C)c1ccc(CCP(=[Se])(CCc2ccccc2)CCc2ccc(C(C)(C)C)cc2)cc1. The van der Waals surface area contributed by atoms with E-state index in [9.17, 15) is 0 Å². The van der Waals surface area contributed by atoms with Gasteiger partial charge in [0.15, 0.2) is 0 Å². The Morgan fingerprint density at radius 2 is 0.824 bits per heavy atom. The summed E-state index contributed by atoms with van der Waals surface area (Å²) in [5.41, 5.74) is 6.50. The number of hydrogen-bond acceptors (Lipinski definition) is 0. The van der Waals surface area contributed by atoms with Gasteiger partial charge in [-0.2, -0.15) is 0 Å². The predicted molar refractivity (Wildman–Crippen MR) is 155 cm³/mol. The molecule has 0 heterocycles. The Labute approximate surface area is 216 Å². The molecule has 0 saturated heterocycles. The molecule has 0 fully saturated rings. The molecule has 34 heavy (non-hydrogen) atoms. The molecule has 3 aromatic carbocycles. The summed E-state index contributed by atoms with van der Waals surface area (Å²) in [6, 6.07) is 29.7. The van der Waals surface area contributed by atoms with Crippen molar-refractivity contribution in [1.29, 1.82) is 0 Å². The Morgan fingerprint density at radius 3 is 1.15 bits per heavy atom. The van der Waals surface area contributed by atoms with E-state index in [4.69, 9.17) is 0 Å². The van der Waals surface area contributed by atoms with Crippen molar-refractivity contribution in [2.45, 2.75) is 71.6 Å². The summed E-state index contributed by atoms with van der Waals surface area (Å²) in [7, 11) is 0. The van der Waals surface area contributed by atoms with Crippen molar-refractivity contribution in [3.8, 4) is 0 Å². The minimum absolute atomic E-state index is 0.214. The van der Waals surface area contributed by atoms with Crippen LogP contribution in [-0.4, -0.2) is 33.6 Å². The Kier molecular flexibility index (Phi) is 9.25. The van der Waals surface area contributed by atoms with Gasteiger partial charge in [0, 0.05) is 0 Å². The fourth-order valence-electron chi connectivity index (χ4n) is 4.32. The molecule has 0 bridgehead atoms. The van der Waals surface area contributed by atoms with Gasteiger partial charge in [-0.3, -0.25) is 0 Å². The third-order valence-electron chi connectivity index (χ3n) is 6.91. The van der Waals surface area contributed by atoms with Crippen molar-refractivity contribution in [3.05, 3.63) is 107 Å². The van der Waals surface area contributed by atoms with Crippen LogP contribution in [0.25, 0.3) is 0 Å². The van der Waals surface area contributed by atoms with Gasteiger partial charge in [0.05, 0.1) is 0 Å². The van der Waals surface area contributed by atoms with Crippen LogP contribution in [0.4, 0.5) is 0 Å². The van der Waals surface area contributed by atoms with E-state index >= 15 is 0 Å². The molecular formula is C32H43PSe. The average molecular weight is 538 g/mol. The van der Waals surface area contributed by atoms with E-state index in [1.165, 1.54) is 65.6 Å². The summed E-state index contributed by atoms with van der Waals surface area (Å²) in [6.07, 6.45) is 7.38. The third kappa shape index (κ3) is 8.37. The van der Waals surface area contributed by atoms with Crippen LogP contribution >= 0.6 is 5.51 Å². The second kappa shape index (κ2) is 11.6. The standard InChI is InChI=1S/C32H43PSe/c1-31(2,3)29-16-12-27(13-17-29)21-24-33(34,23-20-26-10-8-7-9-11-26)25-22-28-14-18-30(19-15-28)32(4,5)6/h7-19H,20-25H2,1-6H3. The van der Waals surface area contributed by atoms with E-state index in [1.54, 1.807) is 0 Å². The molecule has 0 aliphatic rings. The topological polar surface area (TPSA) is 0 Å². The van der Waals surface area contributed by atoms with Gasteiger partial charge >= 0.3 is 217 Å². The van der Waals surface area contributed by atoms with Crippen LogP contribution in [0.5, 0.6) is 0 Å². The van der Waals surface area contributed by atoms with Crippen molar-refractivity contribution >= 4 is 20.6 Å². The van der Waals surface area contributed by atoms with Gasteiger partial charge in [-0.15, -0.1) is 0 Å². The van der Waals surface area contributed by atoms with Crippen LogP contribution in [0.3, 0.4) is 0 Å². The molecule has 0 unspecified atom stereocenters. The van der Waals surface area contributed by atoms with E-state index < -0.39 is 5.51 Å². The molecule has 0 aromatic heterocycles. The zero-order valence-corrected chi connectivity index (χ0v) is 24.7. The molecular weight excluding hydrogens is 494 g/mol. The fraction of sp³-hybridized carbons (Fsp3) is 0.438. The molecule has 0 spiro atoms. The quantitative estimate of drug-likeness (QED) is 0.190. The minimum atomic E-state index is -1.18. The molecule has 0 nitrogen and oxygen atoms in total. The van der Waals surface area contributed by atoms with Crippen molar-refractivity contribution in [2.24, 2.45) is 0 Å². The van der Waals surface area contributed by atoms with Crippen LogP contribution in [0.15, 0.2) is 78.9 Å². The second-order valence-electron chi connectivity index (χ2n) is 11.9. The van der Waals surface area contributed by atoms with Gasteiger partial charge in [-0.1, -0.05) is 0 Å². The normalized spacial score (nSPS) is 12.6. The van der Waals surface area contributed by atoms with Gasteiger partial charge in [0.2, 0.25) is 0 Å². The van der Waals surface area contributed by atoms with Crippen molar-refractivity contribution in [2.75, 3.05) is 18.5 Å². The molecule has 3 aromatic rings. The molecule has 0 radical (unpaired) electrons. The Hall–Kier alpha value is -1.39. The predicted octanol–water partition coefficient (Wildman–Crippen LogP) is 8.41. The molecule has 0 aliphatic heterocycles. The van der Waals surface area contributed by atoms with Crippen molar-refractivity contribution in [3.63, 3.8) is 0 Å².